The molecule has 2 rings (SSSR count). The van der Waals surface area contributed by atoms with E-state index in [0.717, 1.165) is 17.5 Å². The number of carbonyl (C=O) groups is 1. The van der Waals surface area contributed by atoms with Crippen LogP contribution in [0.5, 0.6) is 0 Å². The molecule has 0 unspecified atom stereocenters. The number of amides is 1. The number of fused-ring (bicyclic) bond motifs is 1. The molecular formula is C12H14N2O3. The third-order valence-corrected chi connectivity index (χ3v) is 2.40. The molecule has 2 aromatic rings. The first kappa shape index (κ1) is 11.6. The summed E-state index contributed by atoms with van der Waals surface area (Å²) in [5.41, 5.74) is 3.32. The van der Waals surface area contributed by atoms with Gasteiger partial charge in [0, 0.05) is 11.9 Å². The first-order valence-corrected chi connectivity index (χ1v) is 5.22. The van der Waals surface area contributed by atoms with Crippen molar-refractivity contribution in [3.8, 4) is 0 Å². The van der Waals surface area contributed by atoms with Crippen LogP contribution >= 0.6 is 0 Å². The van der Waals surface area contributed by atoms with Crippen molar-refractivity contribution < 1.29 is 14.4 Å². The second-order valence-corrected chi connectivity index (χ2v) is 4.16. The van der Waals surface area contributed by atoms with E-state index in [1.165, 1.54) is 0 Å². The van der Waals surface area contributed by atoms with Crippen LogP contribution in [0.2, 0.25) is 0 Å². The molecule has 17 heavy (non-hydrogen) atoms. The fraction of sp³-hybridized carbons (Fsp3) is 0.250. The minimum Gasteiger partial charge on any atom is -0.451 e. The van der Waals surface area contributed by atoms with Crippen LogP contribution in [-0.2, 0) is 6.54 Å². The molecule has 0 aliphatic carbocycles. The number of rotatable bonds is 3. The molecule has 1 amide bonds. The van der Waals surface area contributed by atoms with E-state index in [9.17, 15) is 4.79 Å². The van der Waals surface area contributed by atoms with Gasteiger partial charge >= 0.3 is 5.91 Å². The minimum absolute atomic E-state index is 0.101. The van der Waals surface area contributed by atoms with Crippen molar-refractivity contribution in [2.45, 2.75) is 6.54 Å². The number of hydrogen-bond donors (Lipinski definition) is 2. The first-order chi connectivity index (χ1) is 8.10. The van der Waals surface area contributed by atoms with Gasteiger partial charge in [0.1, 0.15) is 5.58 Å². The largest absolute Gasteiger partial charge is 0.451 e. The molecule has 5 heteroatoms. The Labute approximate surface area is 98.6 Å². The van der Waals surface area contributed by atoms with Gasteiger partial charge in [-0.3, -0.25) is 10.0 Å². The van der Waals surface area contributed by atoms with E-state index in [2.05, 4.69) is 4.90 Å². The normalized spacial score (nSPS) is 11.1. The Balaban J connectivity index is 2.37. The van der Waals surface area contributed by atoms with Gasteiger partial charge in [-0.05, 0) is 37.9 Å². The lowest BCUT2D eigenvalue weighted by molar-refractivity contribution is 0.0678. The van der Waals surface area contributed by atoms with Crippen LogP contribution < -0.4 is 5.48 Å². The van der Waals surface area contributed by atoms with Crippen molar-refractivity contribution in [1.29, 1.82) is 0 Å². The highest BCUT2D eigenvalue weighted by Crippen LogP contribution is 2.21. The molecule has 1 heterocycles. The molecule has 0 radical (unpaired) electrons. The Kier molecular flexibility index (Phi) is 3.12. The number of carbonyl (C=O) groups excluding carboxylic acids is 1. The quantitative estimate of drug-likeness (QED) is 0.625. The van der Waals surface area contributed by atoms with Gasteiger partial charge in [0.2, 0.25) is 0 Å². The van der Waals surface area contributed by atoms with E-state index in [4.69, 9.17) is 9.62 Å². The van der Waals surface area contributed by atoms with Gasteiger partial charge in [0.05, 0.1) is 0 Å². The van der Waals surface area contributed by atoms with Crippen LogP contribution in [0.1, 0.15) is 16.1 Å². The van der Waals surface area contributed by atoms with Crippen molar-refractivity contribution in [2.75, 3.05) is 14.1 Å². The van der Waals surface area contributed by atoms with Crippen molar-refractivity contribution >= 4 is 16.9 Å². The number of hydrogen-bond acceptors (Lipinski definition) is 4. The zero-order valence-electron chi connectivity index (χ0n) is 9.73. The van der Waals surface area contributed by atoms with Crippen molar-refractivity contribution in [1.82, 2.24) is 10.4 Å². The van der Waals surface area contributed by atoms with Crippen LogP contribution in [0, 0.1) is 0 Å². The highest BCUT2D eigenvalue weighted by atomic mass is 16.5. The van der Waals surface area contributed by atoms with E-state index in [-0.39, 0.29) is 5.76 Å². The average Bonchev–Trinajstić information content (AvgIpc) is 2.70. The molecule has 1 aromatic heterocycles. The predicted molar refractivity (Wildman–Crippen MR) is 62.9 cm³/mol. The zero-order valence-corrected chi connectivity index (χ0v) is 9.73. The predicted octanol–water partition coefficient (Wildman–Crippen LogP) is 1.61. The number of benzene rings is 1. The van der Waals surface area contributed by atoms with E-state index >= 15 is 0 Å². The lowest BCUT2D eigenvalue weighted by atomic mass is 10.1. The molecule has 5 nitrogen and oxygen atoms in total. The lowest BCUT2D eigenvalue weighted by Gasteiger charge is -2.08. The minimum atomic E-state index is -0.643. The summed E-state index contributed by atoms with van der Waals surface area (Å²) in [5, 5.41) is 9.37. The Morgan fingerprint density at radius 3 is 2.82 bits per heavy atom. The molecule has 0 aliphatic heterocycles. The SMILES string of the molecule is CN(C)Cc1ccc2oc(C(=O)NO)cc2c1. The summed E-state index contributed by atoms with van der Waals surface area (Å²) in [6.45, 7) is 0.822. The Bertz CT molecular complexity index is 546. The van der Waals surface area contributed by atoms with Gasteiger partial charge in [0.25, 0.3) is 0 Å². The lowest BCUT2D eigenvalue weighted by Crippen LogP contribution is -2.17. The monoisotopic (exact) mass is 234 g/mol. The summed E-state index contributed by atoms with van der Waals surface area (Å²) in [5.74, 6) is -0.542. The number of nitrogens with one attached hydrogen (secondary N) is 1. The molecule has 1 aromatic carbocycles. The maximum Gasteiger partial charge on any atom is 0.310 e. The molecule has 90 valence electrons. The molecule has 0 saturated heterocycles. The highest BCUT2D eigenvalue weighted by Gasteiger charge is 2.11. The van der Waals surface area contributed by atoms with E-state index in [1.807, 2.05) is 32.3 Å². The topological polar surface area (TPSA) is 65.7 Å². The standard InChI is InChI=1S/C12H14N2O3/c1-14(2)7-8-3-4-10-9(5-8)6-11(17-10)12(15)13-16/h3-6,16H,7H2,1-2H3,(H,13,15). The van der Waals surface area contributed by atoms with E-state index in [1.54, 1.807) is 11.5 Å². The van der Waals surface area contributed by atoms with Gasteiger partial charge in [0.15, 0.2) is 5.76 Å². The summed E-state index contributed by atoms with van der Waals surface area (Å²) in [4.78, 5) is 13.2. The fourth-order valence-corrected chi connectivity index (χ4v) is 1.72. The molecule has 0 fully saturated rings. The number of hydroxylamine groups is 1. The molecule has 0 spiro atoms. The fourth-order valence-electron chi connectivity index (χ4n) is 1.72. The maximum absolute atomic E-state index is 11.2. The first-order valence-electron chi connectivity index (χ1n) is 5.22. The van der Waals surface area contributed by atoms with E-state index < -0.39 is 5.91 Å². The smallest absolute Gasteiger partial charge is 0.310 e. The highest BCUT2D eigenvalue weighted by molar-refractivity contribution is 5.95. The van der Waals surface area contributed by atoms with E-state index in [0.29, 0.717) is 5.58 Å². The van der Waals surface area contributed by atoms with Crippen molar-refractivity contribution in [2.24, 2.45) is 0 Å². The number of furan rings is 1. The van der Waals surface area contributed by atoms with Crippen LogP contribution in [-0.4, -0.2) is 30.1 Å². The summed E-state index contributed by atoms with van der Waals surface area (Å²) in [6.07, 6.45) is 0. The van der Waals surface area contributed by atoms with Gasteiger partial charge in [-0.15, -0.1) is 0 Å². The Morgan fingerprint density at radius 1 is 1.41 bits per heavy atom. The third-order valence-electron chi connectivity index (χ3n) is 2.40. The van der Waals surface area contributed by atoms with Gasteiger partial charge in [-0.1, -0.05) is 6.07 Å². The van der Waals surface area contributed by atoms with Gasteiger partial charge in [-0.2, -0.15) is 0 Å². The Hall–Kier alpha value is -1.85. The number of nitrogens with zero attached hydrogens (tertiary/aromatic N) is 1. The molecular weight excluding hydrogens is 220 g/mol. The third kappa shape index (κ3) is 2.46. The summed E-state index contributed by atoms with van der Waals surface area (Å²) >= 11 is 0. The summed E-state index contributed by atoms with van der Waals surface area (Å²) in [7, 11) is 3.98. The van der Waals surface area contributed by atoms with Gasteiger partial charge in [-0.25, -0.2) is 5.48 Å². The van der Waals surface area contributed by atoms with Crippen LogP contribution in [0.4, 0.5) is 0 Å². The summed E-state index contributed by atoms with van der Waals surface area (Å²) in [6, 6.07) is 7.35. The average molecular weight is 234 g/mol. The van der Waals surface area contributed by atoms with Crippen LogP contribution in [0.3, 0.4) is 0 Å². The van der Waals surface area contributed by atoms with Crippen molar-refractivity contribution in [3.05, 3.63) is 35.6 Å². The van der Waals surface area contributed by atoms with Crippen LogP contribution in [0.25, 0.3) is 11.0 Å². The molecule has 0 saturated carbocycles. The molecule has 0 aliphatic rings. The van der Waals surface area contributed by atoms with Gasteiger partial charge < -0.3 is 9.32 Å². The van der Waals surface area contributed by atoms with Crippen molar-refractivity contribution in [3.63, 3.8) is 0 Å². The second-order valence-electron chi connectivity index (χ2n) is 4.16. The molecule has 0 bridgehead atoms. The Morgan fingerprint density at radius 2 is 2.18 bits per heavy atom. The maximum atomic E-state index is 11.2. The second kappa shape index (κ2) is 4.57. The molecule has 2 N–H and O–H groups in total. The van der Waals surface area contributed by atoms with Crippen LogP contribution in [0.15, 0.2) is 28.7 Å². The molecule has 0 atom stereocenters. The zero-order chi connectivity index (χ0) is 12.4. The summed E-state index contributed by atoms with van der Waals surface area (Å²) < 4.78 is 5.30.